The highest BCUT2D eigenvalue weighted by Crippen LogP contribution is 2.39. The summed E-state index contributed by atoms with van der Waals surface area (Å²) in [5.41, 5.74) is 3.84. The molecule has 9 heteroatoms. The first-order valence-electron chi connectivity index (χ1n) is 11.2. The van der Waals surface area contributed by atoms with E-state index in [1.807, 2.05) is 28.3 Å². The zero-order valence-corrected chi connectivity index (χ0v) is 20.6. The minimum absolute atomic E-state index is 0.0723. The molecule has 0 spiro atoms. The molecule has 0 saturated heterocycles. The molecular formula is C25H29N7OS. The van der Waals surface area contributed by atoms with Crippen molar-refractivity contribution in [2.75, 3.05) is 6.54 Å². The third kappa shape index (κ3) is 4.56. The van der Waals surface area contributed by atoms with E-state index in [0.29, 0.717) is 12.4 Å². The first-order valence-corrected chi connectivity index (χ1v) is 12.0. The quantitative estimate of drug-likeness (QED) is 0.371. The summed E-state index contributed by atoms with van der Waals surface area (Å²) in [6, 6.07) is -0.475. The second kappa shape index (κ2) is 10.1. The fourth-order valence-electron chi connectivity index (χ4n) is 4.05. The largest absolute Gasteiger partial charge is 0.356 e. The van der Waals surface area contributed by atoms with Gasteiger partial charge in [0.15, 0.2) is 5.82 Å². The van der Waals surface area contributed by atoms with E-state index in [-0.39, 0.29) is 12.3 Å². The summed E-state index contributed by atoms with van der Waals surface area (Å²) >= 11 is 1.68. The number of aryl methyl sites for hydroxylation is 3. The maximum Gasteiger partial charge on any atom is 0.222 e. The van der Waals surface area contributed by atoms with E-state index in [1.54, 1.807) is 36.0 Å². The molecule has 1 atom stereocenters. The van der Waals surface area contributed by atoms with Crippen molar-refractivity contribution < 1.29 is 4.79 Å². The van der Waals surface area contributed by atoms with Gasteiger partial charge in [-0.05, 0) is 38.3 Å². The molecule has 3 aromatic rings. The summed E-state index contributed by atoms with van der Waals surface area (Å²) in [7, 11) is 0. The van der Waals surface area contributed by atoms with Crippen LogP contribution in [0, 0.1) is 20.8 Å². The van der Waals surface area contributed by atoms with Crippen LogP contribution in [0.2, 0.25) is 0 Å². The number of nitrogens with one attached hydrogen (secondary N) is 1. The van der Waals surface area contributed by atoms with Gasteiger partial charge in [-0.25, -0.2) is 4.98 Å². The fourth-order valence-corrected chi connectivity index (χ4v) is 5.27. The van der Waals surface area contributed by atoms with Gasteiger partial charge in [-0.15, -0.1) is 21.5 Å². The number of hydrogen-bond acceptors (Lipinski definition) is 6. The summed E-state index contributed by atoms with van der Waals surface area (Å²) < 4.78 is 4.03. The number of aliphatic imine (C=N–C) groups is 1. The molecule has 0 saturated carbocycles. The van der Waals surface area contributed by atoms with Gasteiger partial charge in [0, 0.05) is 35.9 Å². The molecule has 0 bridgehead atoms. The normalized spacial score (nSPS) is 15.2. The first kappa shape index (κ1) is 23.6. The monoisotopic (exact) mass is 475 g/mol. The molecule has 1 aliphatic rings. The average Bonchev–Trinajstić information content (AvgIpc) is 3.51. The molecule has 3 aromatic heterocycles. The van der Waals surface area contributed by atoms with Crippen molar-refractivity contribution in [1.29, 1.82) is 0 Å². The van der Waals surface area contributed by atoms with Gasteiger partial charge in [-0.3, -0.25) is 14.4 Å². The maximum absolute atomic E-state index is 12.9. The molecule has 1 aliphatic heterocycles. The molecule has 4 rings (SSSR count). The molecule has 0 radical (unpaired) electrons. The average molecular weight is 476 g/mol. The third-order valence-electron chi connectivity index (χ3n) is 5.88. The van der Waals surface area contributed by atoms with Crippen molar-refractivity contribution in [3.63, 3.8) is 0 Å². The topological polar surface area (TPSA) is 90.0 Å². The zero-order valence-electron chi connectivity index (χ0n) is 19.8. The smallest absolute Gasteiger partial charge is 0.222 e. The molecular weight excluding hydrogens is 446 g/mol. The Morgan fingerprint density at radius 2 is 2.09 bits per heavy atom. The Balaban J connectivity index is 1.65. The second-order valence-corrected chi connectivity index (χ2v) is 9.37. The van der Waals surface area contributed by atoms with Crippen LogP contribution in [0.15, 0.2) is 60.7 Å². The molecule has 4 heterocycles. The van der Waals surface area contributed by atoms with Gasteiger partial charge >= 0.3 is 0 Å². The lowest BCUT2D eigenvalue weighted by Gasteiger charge is -2.13. The van der Waals surface area contributed by atoms with E-state index < -0.39 is 6.04 Å². The van der Waals surface area contributed by atoms with Crippen molar-refractivity contribution in [3.05, 3.63) is 83.3 Å². The number of carbonyl (C=O) groups excluding carboxylic acids is 1. The molecule has 176 valence electrons. The molecule has 0 fully saturated rings. The Morgan fingerprint density at radius 1 is 1.26 bits per heavy atom. The summed E-state index contributed by atoms with van der Waals surface area (Å²) in [6.07, 6.45) is 11.8. The lowest BCUT2D eigenvalue weighted by atomic mass is 9.99. The highest BCUT2D eigenvalue weighted by atomic mass is 32.1. The van der Waals surface area contributed by atoms with Crippen LogP contribution in [0.5, 0.6) is 0 Å². The minimum Gasteiger partial charge on any atom is -0.356 e. The fraction of sp³-hybridized carbons (Fsp3) is 0.320. The third-order valence-corrected chi connectivity index (χ3v) is 7.08. The van der Waals surface area contributed by atoms with Gasteiger partial charge in [0.1, 0.15) is 16.9 Å². The predicted octanol–water partition coefficient (Wildman–Crippen LogP) is 4.19. The van der Waals surface area contributed by atoms with Gasteiger partial charge in [-0.2, -0.15) is 0 Å². The number of fused-ring (bicyclic) bond motifs is 3. The number of carbonyl (C=O) groups is 1. The zero-order chi connectivity index (χ0) is 24.2. The Kier molecular flexibility index (Phi) is 7.02. The number of thiophene rings is 1. The van der Waals surface area contributed by atoms with E-state index in [9.17, 15) is 4.79 Å². The molecule has 34 heavy (non-hydrogen) atoms. The number of rotatable bonds is 9. The minimum atomic E-state index is -0.475. The van der Waals surface area contributed by atoms with Crippen LogP contribution >= 0.6 is 11.3 Å². The Labute approximate surface area is 203 Å². The maximum atomic E-state index is 12.9. The first-order chi connectivity index (χ1) is 16.4. The number of nitrogens with zero attached hydrogens (tertiary/aromatic N) is 6. The van der Waals surface area contributed by atoms with E-state index >= 15 is 0 Å². The van der Waals surface area contributed by atoms with Crippen LogP contribution in [-0.4, -0.2) is 42.5 Å². The Morgan fingerprint density at radius 3 is 2.79 bits per heavy atom. The van der Waals surface area contributed by atoms with Crippen molar-refractivity contribution >= 4 is 23.0 Å². The summed E-state index contributed by atoms with van der Waals surface area (Å²) in [4.78, 5) is 23.2. The highest BCUT2D eigenvalue weighted by molar-refractivity contribution is 7.15. The Bertz CT molecular complexity index is 1280. The van der Waals surface area contributed by atoms with Crippen LogP contribution in [0.25, 0.3) is 5.00 Å². The second-order valence-electron chi connectivity index (χ2n) is 8.17. The van der Waals surface area contributed by atoms with Crippen molar-refractivity contribution in [2.24, 2.45) is 4.99 Å². The van der Waals surface area contributed by atoms with Gasteiger partial charge in [0.05, 0.1) is 18.5 Å². The number of amides is 1. The van der Waals surface area contributed by atoms with Crippen LogP contribution in [0.1, 0.15) is 46.5 Å². The predicted molar refractivity (Wildman–Crippen MR) is 136 cm³/mol. The SMILES string of the molecule is C=C/C=C(\C=C)C1=NC(CC(=O)NCCCn2ccnc2)c2nnc(C)n2-c2sc(C)c(C)c21. The van der Waals surface area contributed by atoms with Crippen LogP contribution in [0.4, 0.5) is 0 Å². The van der Waals surface area contributed by atoms with E-state index in [4.69, 9.17) is 4.99 Å². The number of allylic oxidation sites excluding steroid dienone is 4. The number of imidazole rings is 1. The summed E-state index contributed by atoms with van der Waals surface area (Å²) in [5.74, 6) is 1.37. The molecule has 8 nitrogen and oxygen atoms in total. The summed E-state index contributed by atoms with van der Waals surface area (Å²) in [5, 5.41) is 12.8. The van der Waals surface area contributed by atoms with Gasteiger partial charge in [0.2, 0.25) is 5.91 Å². The molecule has 1 N–H and O–H groups in total. The van der Waals surface area contributed by atoms with E-state index in [1.165, 1.54) is 4.88 Å². The molecule has 1 unspecified atom stereocenters. The van der Waals surface area contributed by atoms with Crippen LogP contribution in [-0.2, 0) is 11.3 Å². The lowest BCUT2D eigenvalue weighted by molar-refractivity contribution is -0.121. The summed E-state index contributed by atoms with van der Waals surface area (Å²) in [6.45, 7) is 15.3. The van der Waals surface area contributed by atoms with Crippen LogP contribution in [0.3, 0.4) is 0 Å². The molecule has 0 aromatic carbocycles. The van der Waals surface area contributed by atoms with Crippen molar-refractivity contribution in [3.8, 4) is 5.00 Å². The molecule has 1 amide bonds. The lowest BCUT2D eigenvalue weighted by Crippen LogP contribution is -2.27. The molecule has 0 aliphatic carbocycles. The van der Waals surface area contributed by atoms with Gasteiger partial charge < -0.3 is 9.88 Å². The van der Waals surface area contributed by atoms with E-state index in [0.717, 1.165) is 46.2 Å². The van der Waals surface area contributed by atoms with Crippen LogP contribution < -0.4 is 5.32 Å². The number of hydrogen-bond donors (Lipinski definition) is 1. The van der Waals surface area contributed by atoms with E-state index in [2.05, 4.69) is 47.5 Å². The number of aromatic nitrogens is 5. The van der Waals surface area contributed by atoms with Gasteiger partial charge in [0.25, 0.3) is 0 Å². The van der Waals surface area contributed by atoms with Crippen molar-refractivity contribution in [1.82, 2.24) is 29.6 Å². The highest BCUT2D eigenvalue weighted by Gasteiger charge is 2.32. The Hall–Kier alpha value is -3.59. The van der Waals surface area contributed by atoms with Gasteiger partial charge in [-0.1, -0.05) is 31.4 Å². The van der Waals surface area contributed by atoms with Crippen molar-refractivity contribution in [2.45, 2.75) is 46.2 Å². The standard InChI is InChI=1S/C25H29N7OS/c1-6-9-19(7-2)23-22-16(3)17(4)34-25(22)32-18(5)29-30-24(32)20(28-23)14-21(33)27-10-8-12-31-13-11-26-15-31/h6-7,9,11,13,15,20H,1-2,8,10,12,14H2,3-5H3,(H,27,33)/b19-9+.